The number of carbonyl (C=O) groups is 1. The first-order valence-corrected chi connectivity index (χ1v) is 9.95. The summed E-state index contributed by atoms with van der Waals surface area (Å²) in [7, 11) is 0. The Morgan fingerprint density at radius 2 is 1.97 bits per heavy atom. The van der Waals surface area contributed by atoms with Crippen molar-refractivity contribution in [1.82, 2.24) is 24.4 Å². The number of rotatable bonds is 6. The molecule has 0 aliphatic rings. The predicted octanol–water partition coefficient (Wildman–Crippen LogP) is 3.04. The van der Waals surface area contributed by atoms with E-state index in [-0.39, 0.29) is 30.2 Å². The summed E-state index contributed by atoms with van der Waals surface area (Å²) in [6.45, 7) is 4.26. The smallest absolute Gasteiger partial charge is 0.263 e. The van der Waals surface area contributed by atoms with E-state index in [2.05, 4.69) is 15.3 Å². The van der Waals surface area contributed by atoms with E-state index in [0.717, 1.165) is 17.0 Å². The van der Waals surface area contributed by atoms with Gasteiger partial charge in [-0.2, -0.15) is 0 Å². The van der Waals surface area contributed by atoms with E-state index in [1.807, 2.05) is 32.0 Å². The molecule has 4 aromatic rings. The molecule has 1 N–H and O–H groups in total. The van der Waals surface area contributed by atoms with Gasteiger partial charge in [-0.1, -0.05) is 12.1 Å². The number of carbonyl (C=O) groups excluding carboxylic acids is 1. The highest BCUT2D eigenvalue weighted by molar-refractivity contribution is 5.83. The van der Waals surface area contributed by atoms with Gasteiger partial charge >= 0.3 is 0 Å². The number of pyridine rings is 1. The standard InChI is InChI=1S/C23H22FN5O2/c1-15-16(2)29(19-8-5-6-17(24)12-19)22-21(15)23(31)28(14-27-22)11-9-20(30)26-13-18-7-3-4-10-25-18/h3-8,10,12,14H,9,11,13H2,1-2H3,(H,26,30). The van der Waals surface area contributed by atoms with Gasteiger partial charge in [-0.05, 0) is 49.7 Å². The number of hydrogen-bond acceptors (Lipinski definition) is 4. The van der Waals surface area contributed by atoms with Gasteiger partial charge in [-0.3, -0.25) is 23.7 Å². The number of aryl methyl sites for hydroxylation is 2. The van der Waals surface area contributed by atoms with Crippen LogP contribution in [-0.4, -0.2) is 25.0 Å². The van der Waals surface area contributed by atoms with Crippen molar-refractivity contribution in [3.63, 3.8) is 0 Å². The van der Waals surface area contributed by atoms with Crippen LogP contribution < -0.4 is 10.9 Å². The third-order valence-corrected chi connectivity index (χ3v) is 5.32. The van der Waals surface area contributed by atoms with Gasteiger partial charge in [-0.15, -0.1) is 0 Å². The Morgan fingerprint density at radius 3 is 2.71 bits per heavy atom. The molecule has 3 heterocycles. The predicted molar refractivity (Wildman–Crippen MR) is 115 cm³/mol. The molecule has 0 spiro atoms. The number of hydrogen-bond donors (Lipinski definition) is 1. The molecule has 31 heavy (non-hydrogen) atoms. The molecule has 158 valence electrons. The number of aromatic nitrogens is 4. The van der Waals surface area contributed by atoms with Crippen molar-refractivity contribution >= 4 is 16.9 Å². The highest BCUT2D eigenvalue weighted by Crippen LogP contribution is 2.25. The Hall–Kier alpha value is -3.81. The van der Waals surface area contributed by atoms with E-state index in [0.29, 0.717) is 23.3 Å². The molecular formula is C23H22FN5O2. The number of benzene rings is 1. The van der Waals surface area contributed by atoms with Crippen molar-refractivity contribution < 1.29 is 9.18 Å². The lowest BCUT2D eigenvalue weighted by molar-refractivity contribution is -0.121. The first-order chi connectivity index (χ1) is 15.0. The van der Waals surface area contributed by atoms with Crippen LogP contribution in [0.3, 0.4) is 0 Å². The number of nitrogens with one attached hydrogen (secondary N) is 1. The fourth-order valence-corrected chi connectivity index (χ4v) is 3.58. The molecule has 0 aliphatic heterocycles. The summed E-state index contributed by atoms with van der Waals surface area (Å²) in [5.41, 5.74) is 3.22. The summed E-state index contributed by atoms with van der Waals surface area (Å²) in [4.78, 5) is 33.9. The van der Waals surface area contributed by atoms with Crippen LogP contribution in [-0.2, 0) is 17.9 Å². The summed E-state index contributed by atoms with van der Waals surface area (Å²) in [5, 5.41) is 3.27. The average Bonchev–Trinajstić information content (AvgIpc) is 3.03. The summed E-state index contributed by atoms with van der Waals surface area (Å²) in [5.74, 6) is -0.538. The van der Waals surface area contributed by atoms with Crippen LogP contribution in [0.25, 0.3) is 16.7 Å². The second kappa shape index (κ2) is 8.51. The van der Waals surface area contributed by atoms with E-state index in [9.17, 15) is 14.0 Å². The molecule has 0 saturated carbocycles. The van der Waals surface area contributed by atoms with Crippen molar-refractivity contribution in [3.05, 3.63) is 88.1 Å². The molecule has 3 aromatic heterocycles. The minimum Gasteiger partial charge on any atom is -0.350 e. The molecule has 0 atom stereocenters. The molecule has 0 aliphatic carbocycles. The SMILES string of the molecule is Cc1c(C)n(-c2cccc(F)c2)c2ncn(CCC(=O)NCc3ccccn3)c(=O)c12. The molecule has 8 heteroatoms. The summed E-state index contributed by atoms with van der Waals surface area (Å²) in [6.07, 6.45) is 3.25. The third kappa shape index (κ3) is 4.09. The van der Waals surface area contributed by atoms with Crippen LogP contribution >= 0.6 is 0 Å². The molecule has 0 radical (unpaired) electrons. The fourth-order valence-electron chi connectivity index (χ4n) is 3.58. The lowest BCUT2D eigenvalue weighted by atomic mass is 10.2. The highest BCUT2D eigenvalue weighted by atomic mass is 19.1. The van der Waals surface area contributed by atoms with E-state index >= 15 is 0 Å². The lowest BCUT2D eigenvalue weighted by Crippen LogP contribution is -2.27. The molecular weight excluding hydrogens is 397 g/mol. The van der Waals surface area contributed by atoms with Crippen molar-refractivity contribution in [2.45, 2.75) is 33.4 Å². The number of halogens is 1. The minimum atomic E-state index is -0.360. The second-order valence-corrected chi connectivity index (χ2v) is 7.32. The monoisotopic (exact) mass is 419 g/mol. The van der Waals surface area contributed by atoms with Crippen LogP contribution in [0, 0.1) is 19.7 Å². The maximum atomic E-state index is 13.7. The Kier molecular flexibility index (Phi) is 5.62. The Morgan fingerprint density at radius 1 is 1.13 bits per heavy atom. The Bertz CT molecular complexity index is 1310. The number of nitrogens with zero attached hydrogens (tertiary/aromatic N) is 4. The summed E-state index contributed by atoms with van der Waals surface area (Å²) < 4.78 is 17.0. The molecule has 0 fully saturated rings. The van der Waals surface area contributed by atoms with Crippen LogP contribution in [0.2, 0.25) is 0 Å². The maximum Gasteiger partial charge on any atom is 0.263 e. The van der Waals surface area contributed by atoms with Crippen molar-refractivity contribution in [3.8, 4) is 5.69 Å². The van der Waals surface area contributed by atoms with Crippen molar-refractivity contribution in [1.29, 1.82) is 0 Å². The topological polar surface area (TPSA) is 81.8 Å². The Labute approximate surface area is 178 Å². The quantitative estimate of drug-likeness (QED) is 0.521. The zero-order valence-electron chi connectivity index (χ0n) is 17.3. The van der Waals surface area contributed by atoms with E-state index in [1.165, 1.54) is 23.0 Å². The zero-order valence-corrected chi connectivity index (χ0v) is 17.3. The van der Waals surface area contributed by atoms with E-state index in [4.69, 9.17) is 0 Å². The van der Waals surface area contributed by atoms with Gasteiger partial charge in [0.25, 0.3) is 5.56 Å². The molecule has 7 nitrogen and oxygen atoms in total. The van der Waals surface area contributed by atoms with Gasteiger partial charge in [0.2, 0.25) is 5.91 Å². The van der Waals surface area contributed by atoms with Gasteiger partial charge in [0.1, 0.15) is 5.82 Å². The van der Waals surface area contributed by atoms with Crippen molar-refractivity contribution in [2.75, 3.05) is 0 Å². The van der Waals surface area contributed by atoms with Crippen LogP contribution in [0.4, 0.5) is 4.39 Å². The largest absolute Gasteiger partial charge is 0.350 e. The molecule has 0 bridgehead atoms. The third-order valence-electron chi connectivity index (χ3n) is 5.32. The van der Waals surface area contributed by atoms with Gasteiger partial charge in [0.15, 0.2) is 5.65 Å². The number of fused-ring (bicyclic) bond motifs is 1. The molecule has 1 amide bonds. The molecule has 4 rings (SSSR count). The second-order valence-electron chi connectivity index (χ2n) is 7.32. The maximum absolute atomic E-state index is 13.7. The van der Waals surface area contributed by atoms with Crippen LogP contribution in [0.1, 0.15) is 23.4 Å². The van der Waals surface area contributed by atoms with E-state index < -0.39 is 0 Å². The normalized spacial score (nSPS) is 11.1. The van der Waals surface area contributed by atoms with Crippen LogP contribution in [0.15, 0.2) is 59.8 Å². The van der Waals surface area contributed by atoms with Gasteiger partial charge in [0.05, 0.1) is 29.6 Å². The number of amides is 1. The zero-order chi connectivity index (χ0) is 22.0. The highest BCUT2D eigenvalue weighted by Gasteiger charge is 2.18. The average molecular weight is 419 g/mol. The molecule has 0 saturated heterocycles. The Balaban J connectivity index is 1.56. The summed E-state index contributed by atoms with van der Waals surface area (Å²) in [6, 6.07) is 11.7. The fraction of sp³-hybridized carbons (Fsp3) is 0.217. The summed E-state index contributed by atoms with van der Waals surface area (Å²) >= 11 is 0. The first kappa shape index (κ1) is 20.5. The first-order valence-electron chi connectivity index (χ1n) is 9.95. The van der Waals surface area contributed by atoms with Crippen molar-refractivity contribution in [2.24, 2.45) is 0 Å². The minimum absolute atomic E-state index is 0.141. The lowest BCUT2D eigenvalue weighted by Gasteiger charge is -2.09. The van der Waals surface area contributed by atoms with Gasteiger partial charge in [-0.25, -0.2) is 9.37 Å². The van der Waals surface area contributed by atoms with E-state index in [1.54, 1.807) is 22.9 Å². The van der Waals surface area contributed by atoms with Crippen LogP contribution in [0.5, 0.6) is 0 Å². The molecule has 1 aromatic carbocycles. The van der Waals surface area contributed by atoms with Gasteiger partial charge < -0.3 is 5.32 Å². The van der Waals surface area contributed by atoms with Gasteiger partial charge in [0, 0.05) is 24.9 Å². The molecule has 0 unspecified atom stereocenters.